The zero-order valence-electron chi connectivity index (χ0n) is 14.2. The molecule has 0 fully saturated rings. The molecule has 0 aliphatic rings. The molecule has 3 aromatic carbocycles. The van der Waals surface area contributed by atoms with Gasteiger partial charge in [-0.1, -0.05) is 42.1 Å². The summed E-state index contributed by atoms with van der Waals surface area (Å²) in [4.78, 5) is 1.44. The van der Waals surface area contributed by atoms with Crippen LogP contribution in [0.4, 0.5) is 18.9 Å². The van der Waals surface area contributed by atoms with Crippen LogP contribution in [0.25, 0.3) is 0 Å². The lowest BCUT2D eigenvalue weighted by Gasteiger charge is -2.13. The largest absolute Gasteiger partial charge is 0.573 e. The Morgan fingerprint density at radius 2 is 1.43 bits per heavy atom. The van der Waals surface area contributed by atoms with E-state index in [2.05, 4.69) is 9.46 Å². The summed E-state index contributed by atoms with van der Waals surface area (Å²) in [6.07, 6.45) is -4.84. The van der Waals surface area contributed by atoms with Crippen LogP contribution in [0.5, 0.6) is 5.75 Å². The van der Waals surface area contributed by atoms with Crippen LogP contribution >= 0.6 is 11.8 Å². The van der Waals surface area contributed by atoms with Crippen molar-refractivity contribution in [2.24, 2.45) is 0 Å². The van der Waals surface area contributed by atoms with Gasteiger partial charge in [-0.3, -0.25) is 4.72 Å². The van der Waals surface area contributed by atoms with Gasteiger partial charge in [-0.2, -0.15) is 0 Å². The van der Waals surface area contributed by atoms with Crippen molar-refractivity contribution in [3.63, 3.8) is 0 Å². The lowest BCUT2D eigenvalue weighted by Crippen LogP contribution is -2.17. The van der Waals surface area contributed by atoms with Crippen LogP contribution in [0.2, 0.25) is 0 Å². The van der Waals surface area contributed by atoms with Gasteiger partial charge >= 0.3 is 6.36 Å². The zero-order chi connectivity index (χ0) is 20.2. The topological polar surface area (TPSA) is 55.4 Å². The molecule has 0 aromatic heterocycles. The third-order valence-corrected chi connectivity index (χ3v) is 5.94. The minimum atomic E-state index is -4.84. The first-order chi connectivity index (χ1) is 13.2. The molecular formula is C19H14F3NO3S2. The summed E-state index contributed by atoms with van der Waals surface area (Å²) in [5, 5.41) is 0. The molecule has 0 unspecified atom stereocenters. The van der Waals surface area contributed by atoms with Crippen molar-refractivity contribution in [3.05, 3.63) is 78.9 Å². The highest BCUT2D eigenvalue weighted by Gasteiger charge is 2.31. The fourth-order valence-corrected chi connectivity index (χ4v) is 4.35. The maximum atomic E-state index is 12.6. The minimum Gasteiger partial charge on any atom is -0.406 e. The van der Waals surface area contributed by atoms with Crippen LogP contribution in [-0.2, 0) is 10.0 Å². The van der Waals surface area contributed by atoms with Crippen molar-refractivity contribution in [2.75, 3.05) is 4.72 Å². The summed E-state index contributed by atoms with van der Waals surface area (Å²) in [7, 11) is -3.99. The number of benzene rings is 3. The average molecular weight is 425 g/mol. The number of hydrogen-bond acceptors (Lipinski definition) is 4. The van der Waals surface area contributed by atoms with E-state index >= 15 is 0 Å². The van der Waals surface area contributed by atoms with Crippen LogP contribution in [0.1, 0.15) is 0 Å². The van der Waals surface area contributed by atoms with Crippen LogP contribution in [-0.4, -0.2) is 14.8 Å². The highest BCUT2D eigenvalue weighted by Crippen LogP contribution is 2.34. The molecule has 0 saturated carbocycles. The lowest BCUT2D eigenvalue weighted by atomic mass is 10.3. The Labute approximate surface area is 164 Å². The lowest BCUT2D eigenvalue weighted by molar-refractivity contribution is -0.274. The molecule has 0 bridgehead atoms. The number of para-hydroxylation sites is 1. The van der Waals surface area contributed by atoms with Gasteiger partial charge in [0, 0.05) is 9.79 Å². The van der Waals surface area contributed by atoms with Gasteiger partial charge in [0.2, 0.25) is 0 Å². The highest BCUT2D eigenvalue weighted by molar-refractivity contribution is 7.99. The summed E-state index contributed by atoms with van der Waals surface area (Å²) in [5.74, 6) is -0.494. The predicted octanol–water partition coefficient (Wildman–Crippen LogP) is 5.54. The van der Waals surface area contributed by atoms with Gasteiger partial charge in [-0.15, -0.1) is 13.2 Å². The number of rotatable bonds is 6. The first-order valence-electron chi connectivity index (χ1n) is 7.93. The molecule has 3 aromatic rings. The maximum absolute atomic E-state index is 12.6. The predicted molar refractivity (Wildman–Crippen MR) is 101 cm³/mol. The van der Waals surface area contributed by atoms with Gasteiger partial charge in [-0.05, 0) is 48.5 Å². The molecule has 0 saturated heterocycles. The fraction of sp³-hybridized carbons (Fsp3) is 0.0526. The van der Waals surface area contributed by atoms with E-state index in [1.54, 1.807) is 24.3 Å². The molecular weight excluding hydrogens is 411 g/mol. The number of anilines is 1. The Bertz CT molecular complexity index is 1040. The molecule has 0 atom stereocenters. The smallest absolute Gasteiger partial charge is 0.406 e. The van der Waals surface area contributed by atoms with Crippen LogP contribution in [0, 0.1) is 0 Å². The van der Waals surface area contributed by atoms with Crippen LogP contribution < -0.4 is 9.46 Å². The van der Waals surface area contributed by atoms with Crippen LogP contribution in [0.3, 0.4) is 0 Å². The van der Waals surface area contributed by atoms with Gasteiger partial charge < -0.3 is 4.74 Å². The molecule has 9 heteroatoms. The standard InChI is InChI=1S/C19H14F3NO3S2/c20-19(21,22)26-14-10-12-16(13-11-14)28(24,25)23-17-8-4-5-9-18(17)27-15-6-2-1-3-7-15/h1-13,23H. The normalized spacial score (nSPS) is 11.8. The maximum Gasteiger partial charge on any atom is 0.573 e. The number of sulfonamides is 1. The Morgan fingerprint density at radius 1 is 0.821 bits per heavy atom. The summed E-state index contributed by atoms with van der Waals surface area (Å²) in [5.41, 5.74) is 0.368. The number of ether oxygens (including phenoxy) is 1. The van der Waals surface area contributed by atoms with E-state index in [0.717, 1.165) is 29.2 Å². The molecule has 4 nitrogen and oxygen atoms in total. The van der Waals surface area contributed by atoms with E-state index < -0.39 is 22.1 Å². The third-order valence-electron chi connectivity index (χ3n) is 3.47. The molecule has 0 spiro atoms. The van der Waals surface area contributed by atoms with Crippen molar-refractivity contribution >= 4 is 27.5 Å². The Hall–Kier alpha value is -2.65. The third kappa shape index (κ3) is 5.43. The van der Waals surface area contributed by atoms with E-state index in [1.807, 2.05) is 30.3 Å². The Morgan fingerprint density at radius 3 is 2.07 bits per heavy atom. The van der Waals surface area contributed by atoms with Gasteiger partial charge in [0.05, 0.1) is 10.6 Å². The van der Waals surface area contributed by atoms with E-state index in [9.17, 15) is 21.6 Å². The molecule has 0 amide bonds. The zero-order valence-corrected chi connectivity index (χ0v) is 15.8. The molecule has 0 aliphatic carbocycles. The SMILES string of the molecule is O=S(=O)(Nc1ccccc1Sc1ccccc1)c1ccc(OC(F)(F)F)cc1. The van der Waals surface area contributed by atoms with Gasteiger partial charge in [0.1, 0.15) is 5.75 Å². The Balaban J connectivity index is 1.81. The monoisotopic (exact) mass is 425 g/mol. The molecule has 0 aliphatic heterocycles. The van der Waals surface area contributed by atoms with E-state index in [1.165, 1.54) is 11.8 Å². The number of hydrogen-bond donors (Lipinski definition) is 1. The van der Waals surface area contributed by atoms with E-state index in [-0.39, 0.29) is 4.90 Å². The van der Waals surface area contributed by atoms with Crippen molar-refractivity contribution in [2.45, 2.75) is 21.0 Å². The summed E-state index contributed by atoms with van der Waals surface area (Å²) in [6.45, 7) is 0. The second-order valence-corrected chi connectivity index (χ2v) is 8.33. The van der Waals surface area contributed by atoms with Gasteiger partial charge in [0.15, 0.2) is 0 Å². The summed E-state index contributed by atoms with van der Waals surface area (Å²) < 4.78 is 68.2. The van der Waals surface area contributed by atoms with Crippen molar-refractivity contribution < 1.29 is 26.3 Å². The van der Waals surface area contributed by atoms with Crippen molar-refractivity contribution in [1.82, 2.24) is 0 Å². The second kappa shape index (κ2) is 8.15. The van der Waals surface area contributed by atoms with Crippen molar-refractivity contribution in [1.29, 1.82) is 0 Å². The summed E-state index contributed by atoms with van der Waals surface area (Å²) >= 11 is 1.39. The number of halogens is 3. The summed E-state index contributed by atoms with van der Waals surface area (Å²) in [6, 6.07) is 20.3. The molecule has 0 radical (unpaired) electrons. The molecule has 1 N–H and O–H groups in total. The number of nitrogens with one attached hydrogen (secondary N) is 1. The van der Waals surface area contributed by atoms with Crippen LogP contribution in [0.15, 0.2) is 93.5 Å². The van der Waals surface area contributed by atoms with E-state index in [4.69, 9.17) is 0 Å². The quantitative estimate of drug-likeness (QED) is 0.564. The molecule has 0 heterocycles. The first kappa shape index (κ1) is 20.1. The number of alkyl halides is 3. The molecule has 146 valence electrons. The fourth-order valence-electron chi connectivity index (χ4n) is 2.28. The first-order valence-corrected chi connectivity index (χ1v) is 10.2. The molecule has 3 rings (SSSR count). The van der Waals surface area contributed by atoms with Gasteiger partial charge in [-0.25, -0.2) is 8.42 Å². The minimum absolute atomic E-state index is 0.179. The Kier molecular flexibility index (Phi) is 5.85. The van der Waals surface area contributed by atoms with E-state index in [0.29, 0.717) is 10.6 Å². The van der Waals surface area contributed by atoms with Gasteiger partial charge in [0.25, 0.3) is 10.0 Å². The second-order valence-electron chi connectivity index (χ2n) is 5.54. The molecule has 28 heavy (non-hydrogen) atoms. The van der Waals surface area contributed by atoms with Crippen molar-refractivity contribution in [3.8, 4) is 5.75 Å². The highest BCUT2D eigenvalue weighted by atomic mass is 32.2. The average Bonchev–Trinajstić information content (AvgIpc) is 2.63.